The number of pyridine rings is 1. The highest BCUT2D eigenvalue weighted by Gasteiger charge is 2.45. The summed E-state index contributed by atoms with van der Waals surface area (Å²) in [5.41, 5.74) is 2.86. The van der Waals surface area contributed by atoms with Crippen LogP contribution in [0.2, 0.25) is 5.02 Å². The summed E-state index contributed by atoms with van der Waals surface area (Å²) in [5, 5.41) is 3.28. The number of likely N-dealkylation sites (tertiary alicyclic amines) is 1. The summed E-state index contributed by atoms with van der Waals surface area (Å²) in [5.74, 6) is 0.656. The monoisotopic (exact) mass is 440 g/mol. The van der Waals surface area contributed by atoms with Crippen LogP contribution in [0.5, 0.6) is 0 Å². The molecule has 8 heteroatoms. The van der Waals surface area contributed by atoms with Crippen molar-refractivity contribution in [3.8, 4) is 0 Å². The molecule has 31 heavy (non-hydrogen) atoms. The standard InChI is InChI=1S/C23H25ClN4O3/c1-15-4-5-19-17(12-15)23(31-22(30)26-19)6-10-27(11-7-23)20-18(24)13-16(14-25-20)21(29)28-8-2-3-9-28/h4-5,12-14H,2-3,6-11H2,1H3,(H,26,30). The van der Waals surface area contributed by atoms with Gasteiger partial charge in [-0.1, -0.05) is 23.2 Å². The second kappa shape index (κ2) is 7.71. The Hall–Kier alpha value is -2.80. The van der Waals surface area contributed by atoms with Crippen LogP contribution in [0.1, 0.15) is 47.2 Å². The van der Waals surface area contributed by atoms with E-state index in [4.69, 9.17) is 16.3 Å². The van der Waals surface area contributed by atoms with Crippen molar-refractivity contribution in [2.24, 2.45) is 0 Å². The number of carbonyl (C=O) groups excluding carboxylic acids is 2. The molecule has 4 heterocycles. The van der Waals surface area contributed by atoms with Gasteiger partial charge in [0.25, 0.3) is 5.91 Å². The van der Waals surface area contributed by atoms with Gasteiger partial charge in [-0.15, -0.1) is 0 Å². The van der Waals surface area contributed by atoms with E-state index in [0.717, 1.165) is 42.7 Å². The lowest BCUT2D eigenvalue weighted by Crippen LogP contribution is -2.48. The van der Waals surface area contributed by atoms with Gasteiger partial charge in [0.2, 0.25) is 0 Å². The smallest absolute Gasteiger partial charge is 0.412 e. The van der Waals surface area contributed by atoms with E-state index in [1.165, 1.54) is 0 Å². The summed E-state index contributed by atoms with van der Waals surface area (Å²) in [4.78, 5) is 33.3. The average Bonchev–Trinajstić information content (AvgIpc) is 3.29. The van der Waals surface area contributed by atoms with Crippen molar-refractivity contribution >= 4 is 35.1 Å². The molecule has 0 aliphatic carbocycles. The molecule has 3 aliphatic rings. The lowest BCUT2D eigenvalue weighted by Gasteiger charge is -2.44. The Morgan fingerprint density at radius 2 is 1.90 bits per heavy atom. The molecule has 1 N–H and O–H groups in total. The Bertz CT molecular complexity index is 1040. The Balaban J connectivity index is 1.35. The number of fused-ring (bicyclic) bond motifs is 2. The summed E-state index contributed by atoms with van der Waals surface area (Å²) in [6.07, 6.45) is 4.58. The molecule has 1 spiro atoms. The number of benzene rings is 1. The summed E-state index contributed by atoms with van der Waals surface area (Å²) in [6.45, 7) is 4.91. The van der Waals surface area contributed by atoms with Crippen LogP contribution in [-0.2, 0) is 10.3 Å². The number of carbonyl (C=O) groups is 2. The third-order valence-electron chi connectivity index (χ3n) is 6.52. The largest absolute Gasteiger partial charge is 0.438 e. The third kappa shape index (κ3) is 3.61. The van der Waals surface area contributed by atoms with Crippen LogP contribution >= 0.6 is 11.6 Å². The number of halogens is 1. The number of nitrogens with one attached hydrogen (secondary N) is 1. The maximum absolute atomic E-state index is 12.6. The van der Waals surface area contributed by atoms with Crippen LogP contribution in [0, 0.1) is 6.92 Å². The molecule has 2 aromatic rings. The predicted molar refractivity (Wildman–Crippen MR) is 119 cm³/mol. The van der Waals surface area contributed by atoms with Crippen LogP contribution < -0.4 is 10.2 Å². The number of amides is 2. The Morgan fingerprint density at radius 1 is 1.16 bits per heavy atom. The van der Waals surface area contributed by atoms with E-state index in [9.17, 15) is 9.59 Å². The molecule has 0 saturated carbocycles. The van der Waals surface area contributed by atoms with Crippen LogP contribution in [0.25, 0.3) is 0 Å². The SMILES string of the molecule is Cc1ccc2c(c1)C1(CCN(c3ncc(C(=O)N4CCCC4)cc3Cl)CC1)OC(=O)N2. The maximum Gasteiger partial charge on any atom is 0.412 e. The number of anilines is 2. The van der Waals surface area contributed by atoms with Gasteiger partial charge in [0, 0.05) is 50.8 Å². The van der Waals surface area contributed by atoms with E-state index in [1.807, 2.05) is 24.0 Å². The normalized spacial score (nSPS) is 19.7. The first kappa shape index (κ1) is 20.1. The fourth-order valence-corrected chi connectivity index (χ4v) is 5.13. The summed E-state index contributed by atoms with van der Waals surface area (Å²) >= 11 is 6.55. The number of aromatic nitrogens is 1. The zero-order valence-electron chi connectivity index (χ0n) is 17.5. The highest BCUT2D eigenvalue weighted by Crippen LogP contribution is 2.44. The van der Waals surface area contributed by atoms with Crippen LogP contribution in [0.4, 0.5) is 16.3 Å². The molecular weight excluding hydrogens is 416 g/mol. The molecule has 0 unspecified atom stereocenters. The molecule has 2 saturated heterocycles. The molecule has 1 aromatic carbocycles. The van der Waals surface area contributed by atoms with Crippen molar-refractivity contribution in [3.05, 3.63) is 52.2 Å². The second-order valence-corrected chi connectivity index (χ2v) is 8.98. The van der Waals surface area contributed by atoms with Crippen LogP contribution in [0.15, 0.2) is 30.5 Å². The minimum absolute atomic E-state index is 0.00959. The highest BCUT2D eigenvalue weighted by molar-refractivity contribution is 6.33. The van der Waals surface area contributed by atoms with Gasteiger partial charge < -0.3 is 14.5 Å². The minimum Gasteiger partial charge on any atom is -0.438 e. The first-order valence-corrected chi connectivity index (χ1v) is 11.1. The first-order valence-electron chi connectivity index (χ1n) is 10.8. The molecule has 0 radical (unpaired) electrons. The van der Waals surface area contributed by atoms with Crippen LogP contribution in [-0.4, -0.2) is 48.1 Å². The molecule has 1 aromatic heterocycles. The molecule has 3 aliphatic heterocycles. The van der Waals surface area contributed by atoms with E-state index in [1.54, 1.807) is 12.3 Å². The number of piperidine rings is 1. The van der Waals surface area contributed by atoms with Crippen molar-refractivity contribution < 1.29 is 14.3 Å². The molecule has 162 valence electrons. The van der Waals surface area contributed by atoms with Gasteiger partial charge in [0.1, 0.15) is 11.4 Å². The van der Waals surface area contributed by atoms with Crippen molar-refractivity contribution in [1.82, 2.24) is 9.88 Å². The zero-order chi connectivity index (χ0) is 21.6. The fraction of sp³-hybridized carbons (Fsp3) is 0.435. The molecule has 2 fully saturated rings. The van der Waals surface area contributed by atoms with Gasteiger partial charge in [-0.25, -0.2) is 9.78 Å². The van der Waals surface area contributed by atoms with Crippen molar-refractivity contribution in [2.75, 3.05) is 36.4 Å². The quantitative estimate of drug-likeness (QED) is 0.752. The number of hydrogen-bond donors (Lipinski definition) is 1. The van der Waals surface area contributed by atoms with Gasteiger partial charge in [-0.2, -0.15) is 0 Å². The van der Waals surface area contributed by atoms with Crippen molar-refractivity contribution in [1.29, 1.82) is 0 Å². The van der Waals surface area contributed by atoms with Gasteiger partial charge in [-0.05, 0) is 38.0 Å². The number of aryl methyl sites for hydroxylation is 1. The zero-order valence-corrected chi connectivity index (χ0v) is 18.2. The molecular formula is C23H25ClN4O3. The Labute approximate surface area is 186 Å². The Morgan fingerprint density at radius 3 is 2.61 bits per heavy atom. The van der Waals surface area contributed by atoms with Crippen molar-refractivity contribution in [2.45, 2.75) is 38.2 Å². The van der Waals surface area contributed by atoms with E-state index in [-0.39, 0.29) is 5.91 Å². The summed E-state index contributed by atoms with van der Waals surface area (Å²) < 4.78 is 5.84. The topological polar surface area (TPSA) is 74.8 Å². The number of ether oxygens (including phenoxy) is 1. The van der Waals surface area contributed by atoms with Crippen LogP contribution in [0.3, 0.4) is 0 Å². The first-order chi connectivity index (χ1) is 14.9. The highest BCUT2D eigenvalue weighted by atomic mass is 35.5. The van der Waals surface area contributed by atoms with Gasteiger partial charge in [0.15, 0.2) is 0 Å². The fourth-order valence-electron chi connectivity index (χ4n) is 4.85. The Kier molecular flexibility index (Phi) is 5.01. The summed E-state index contributed by atoms with van der Waals surface area (Å²) in [6, 6.07) is 7.74. The van der Waals surface area contributed by atoms with Crippen molar-refractivity contribution in [3.63, 3.8) is 0 Å². The molecule has 7 nitrogen and oxygen atoms in total. The number of hydrogen-bond acceptors (Lipinski definition) is 5. The number of rotatable bonds is 2. The molecule has 5 rings (SSSR count). The average molecular weight is 441 g/mol. The van der Waals surface area contributed by atoms with Gasteiger partial charge >= 0.3 is 6.09 Å². The third-order valence-corrected chi connectivity index (χ3v) is 6.80. The molecule has 0 bridgehead atoms. The number of nitrogens with zero attached hydrogens (tertiary/aromatic N) is 3. The van der Waals surface area contributed by atoms with E-state index in [2.05, 4.69) is 21.3 Å². The molecule has 0 atom stereocenters. The van der Waals surface area contributed by atoms with E-state index < -0.39 is 11.7 Å². The lowest BCUT2D eigenvalue weighted by atomic mass is 9.81. The van der Waals surface area contributed by atoms with Gasteiger partial charge in [0.05, 0.1) is 16.3 Å². The summed E-state index contributed by atoms with van der Waals surface area (Å²) in [7, 11) is 0. The second-order valence-electron chi connectivity index (χ2n) is 8.57. The van der Waals surface area contributed by atoms with E-state index in [0.29, 0.717) is 42.3 Å². The predicted octanol–water partition coefficient (Wildman–Crippen LogP) is 4.34. The molecule has 2 amide bonds. The van der Waals surface area contributed by atoms with E-state index >= 15 is 0 Å². The minimum atomic E-state index is -0.641. The lowest BCUT2D eigenvalue weighted by molar-refractivity contribution is -0.00815. The maximum atomic E-state index is 12.6. The van der Waals surface area contributed by atoms with Gasteiger partial charge in [-0.3, -0.25) is 10.1 Å².